The molecule has 43 heavy (non-hydrogen) atoms. The monoisotopic (exact) mass is 622 g/mol. The predicted octanol–water partition coefficient (Wildman–Crippen LogP) is 4.66. The maximum Gasteiger partial charge on any atom is 1.00 e. The molecule has 11 heteroatoms. The molecular weight excluding hydrogens is 587 g/mol. The van der Waals surface area contributed by atoms with Gasteiger partial charge in [0.15, 0.2) is 23.2 Å². The molecule has 0 saturated heterocycles. The van der Waals surface area contributed by atoms with E-state index in [0.29, 0.717) is 35.8 Å². The molecule has 2 unspecified atom stereocenters. The van der Waals surface area contributed by atoms with Gasteiger partial charge in [0, 0.05) is 17.4 Å². The number of hydrogen-bond donors (Lipinski definition) is 1. The second kappa shape index (κ2) is 19.4. The number of para-hydroxylation sites is 1. The number of ether oxygens (including phenoxy) is 2. The number of nitrogens with zero attached hydrogens (tertiary/aromatic N) is 1. The molecule has 226 valence electrons. The van der Waals surface area contributed by atoms with Crippen LogP contribution in [0.1, 0.15) is 52.5 Å². The Labute approximate surface area is 276 Å². The molecule has 2 atom stereocenters. The van der Waals surface area contributed by atoms with Crippen molar-refractivity contribution in [3.63, 3.8) is 0 Å². The molecule has 0 bridgehead atoms. The molecule has 4 rings (SSSR count). The number of oxazole rings is 1. The van der Waals surface area contributed by atoms with Crippen LogP contribution in [0.25, 0.3) is 11.1 Å². The van der Waals surface area contributed by atoms with Crippen molar-refractivity contribution >= 4 is 17.0 Å². The van der Waals surface area contributed by atoms with Gasteiger partial charge in [-0.2, -0.15) is 6.42 Å². The molecule has 0 aliphatic carbocycles. The van der Waals surface area contributed by atoms with E-state index in [1.807, 2.05) is 37.3 Å². The minimum atomic E-state index is -1.61. The topological polar surface area (TPSA) is 98.9 Å². The van der Waals surface area contributed by atoms with Crippen molar-refractivity contribution in [3.8, 4) is 16.9 Å². The summed E-state index contributed by atoms with van der Waals surface area (Å²) in [6, 6.07) is 18.8. The van der Waals surface area contributed by atoms with E-state index >= 15 is 0 Å². The van der Waals surface area contributed by atoms with Gasteiger partial charge in [-0.15, -0.1) is 5.92 Å². The Kier molecular flexibility index (Phi) is 17.2. The van der Waals surface area contributed by atoms with Gasteiger partial charge in [-0.05, 0) is 44.5 Å². The first kappa shape index (κ1) is 38.1. The molecule has 4 aromatic rings. The number of carbonyl (C=O) groups excluding carboxylic acids is 1. The Balaban J connectivity index is 0.000000400. The van der Waals surface area contributed by atoms with Crippen molar-refractivity contribution in [1.82, 2.24) is 4.98 Å². The second-order valence-corrected chi connectivity index (χ2v) is 9.81. The van der Waals surface area contributed by atoms with Gasteiger partial charge in [-0.1, -0.05) is 54.1 Å². The van der Waals surface area contributed by atoms with E-state index in [-0.39, 0.29) is 53.5 Å². The van der Waals surface area contributed by atoms with Gasteiger partial charge in [-0.25, -0.2) is 22.8 Å². The van der Waals surface area contributed by atoms with Crippen LogP contribution in [0.2, 0.25) is 0 Å². The van der Waals surface area contributed by atoms with Crippen LogP contribution in [0.15, 0.2) is 71.1 Å². The van der Waals surface area contributed by atoms with Gasteiger partial charge >= 0.3 is 35.5 Å². The number of halogens is 2. The molecular formula is C32H35F2NNaO6S-. The fourth-order valence-corrected chi connectivity index (χ4v) is 3.55. The number of aryl methyl sites for hydroxylation is 2. The molecule has 0 saturated carbocycles. The predicted molar refractivity (Wildman–Crippen MR) is 159 cm³/mol. The third-order valence-corrected chi connectivity index (χ3v) is 5.58. The van der Waals surface area contributed by atoms with Crippen molar-refractivity contribution in [2.75, 3.05) is 12.9 Å². The average Bonchev–Trinajstić information content (AvgIpc) is 3.35. The standard InChI is InChI=1S/C20H16F2O.C11H15NO3.CH4O2S.Na/c1-14-10-11-18(21)17(12-14)16-8-5-9-19(22)20(16)23-13-15-6-3-2-4-7-15;1-5-7(3)10-12-9(8(4)15-10)11(13)14-6-2;1-4(2)3;/h2-12H,13H2,1H3;7H,1,3,5-6H2,2,4H3;1H3,(H,2,3);/q;-2;;+1. The Morgan fingerprint density at radius 3 is 2.30 bits per heavy atom. The molecule has 0 amide bonds. The van der Waals surface area contributed by atoms with E-state index in [4.69, 9.17) is 22.7 Å². The Morgan fingerprint density at radius 1 is 1.05 bits per heavy atom. The fourth-order valence-electron chi connectivity index (χ4n) is 3.55. The summed E-state index contributed by atoms with van der Waals surface area (Å²) in [6.45, 7) is 13.4. The second-order valence-electron chi connectivity index (χ2n) is 8.96. The quantitative estimate of drug-likeness (QED) is 0.132. The van der Waals surface area contributed by atoms with Crippen LogP contribution >= 0.6 is 0 Å². The third-order valence-electron chi connectivity index (χ3n) is 5.58. The van der Waals surface area contributed by atoms with Crippen LogP contribution < -0.4 is 34.3 Å². The molecule has 3 aromatic carbocycles. The molecule has 1 aromatic heterocycles. The maximum atomic E-state index is 14.2. The maximum absolute atomic E-state index is 14.2. The molecule has 1 N–H and O–H groups in total. The zero-order valence-corrected chi connectivity index (χ0v) is 27.9. The first-order valence-corrected chi connectivity index (χ1v) is 14.5. The third kappa shape index (κ3) is 12.3. The van der Waals surface area contributed by atoms with Gasteiger partial charge < -0.3 is 32.3 Å². The van der Waals surface area contributed by atoms with Crippen molar-refractivity contribution in [3.05, 3.63) is 121 Å². The van der Waals surface area contributed by atoms with Crippen LogP contribution in [0.5, 0.6) is 5.75 Å². The summed E-state index contributed by atoms with van der Waals surface area (Å²) in [6.07, 6.45) is 1.77. The Morgan fingerprint density at radius 2 is 1.70 bits per heavy atom. The van der Waals surface area contributed by atoms with Crippen molar-refractivity contribution < 1.29 is 65.8 Å². The summed E-state index contributed by atoms with van der Waals surface area (Å²) in [7, 11) is 0. The number of hydrogen-bond acceptors (Lipinski definition) is 6. The molecule has 0 radical (unpaired) electrons. The fraction of sp³-hybridized carbons (Fsp3) is 0.250. The normalized spacial score (nSPS) is 11.5. The molecule has 7 nitrogen and oxygen atoms in total. The van der Waals surface area contributed by atoms with Gasteiger partial charge in [0.1, 0.15) is 29.3 Å². The van der Waals surface area contributed by atoms with Gasteiger partial charge in [0.05, 0.1) is 6.61 Å². The molecule has 0 aliphatic rings. The SMILES string of the molecule is CS(=O)O.Cc1ccc(F)c(-c2cccc(F)c2OCc2ccccc2)c1.[CH2-]CC([CH2-])c1nc(C(=O)OCC)c(C)o1.[Na+]. The van der Waals surface area contributed by atoms with Crippen molar-refractivity contribution in [2.45, 2.75) is 39.7 Å². The summed E-state index contributed by atoms with van der Waals surface area (Å²) in [4.78, 5) is 15.5. The summed E-state index contributed by atoms with van der Waals surface area (Å²) in [5, 5.41) is 0. The van der Waals surface area contributed by atoms with Crippen LogP contribution in [-0.2, 0) is 22.4 Å². The summed E-state index contributed by atoms with van der Waals surface area (Å²) < 4.78 is 60.8. The molecule has 0 fully saturated rings. The van der Waals surface area contributed by atoms with Crippen molar-refractivity contribution in [1.29, 1.82) is 0 Å². The minimum Gasteiger partial charge on any atom is -0.485 e. The van der Waals surface area contributed by atoms with E-state index in [2.05, 4.69) is 18.8 Å². The van der Waals surface area contributed by atoms with E-state index in [0.717, 1.165) is 11.1 Å². The number of carbonyl (C=O) groups is 1. The van der Waals surface area contributed by atoms with Gasteiger partial charge in [0.25, 0.3) is 0 Å². The minimum absolute atomic E-state index is 0. The number of esters is 1. The zero-order valence-electron chi connectivity index (χ0n) is 25.1. The first-order chi connectivity index (χ1) is 20.0. The van der Waals surface area contributed by atoms with Crippen LogP contribution in [0, 0.1) is 39.3 Å². The van der Waals surface area contributed by atoms with E-state index in [9.17, 15) is 13.6 Å². The Bertz CT molecular complexity index is 1460. The molecule has 1 heterocycles. The summed E-state index contributed by atoms with van der Waals surface area (Å²) >= 11 is -1.61. The van der Waals surface area contributed by atoms with E-state index in [1.165, 1.54) is 18.4 Å². The number of aromatic nitrogens is 1. The smallest absolute Gasteiger partial charge is 0.485 e. The van der Waals surface area contributed by atoms with Crippen LogP contribution in [0.4, 0.5) is 8.78 Å². The van der Waals surface area contributed by atoms with Crippen LogP contribution in [-0.4, -0.2) is 32.6 Å². The number of rotatable bonds is 8. The summed E-state index contributed by atoms with van der Waals surface area (Å²) in [5.41, 5.74) is 2.81. The van der Waals surface area contributed by atoms with Crippen LogP contribution in [0.3, 0.4) is 0 Å². The van der Waals surface area contributed by atoms with Gasteiger partial charge in [-0.3, -0.25) is 0 Å². The summed E-state index contributed by atoms with van der Waals surface area (Å²) in [5.74, 6) is -0.518. The first-order valence-electron chi connectivity index (χ1n) is 13.0. The van der Waals surface area contributed by atoms with E-state index in [1.54, 1.807) is 38.1 Å². The van der Waals surface area contributed by atoms with E-state index < -0.39 is 28.7 Å². The number of benzene rings is 3. The largest absolute Gasteiger partial charge is 1.00 e. The molecule has 0 spiro atoms. The van der Waals surface area contributed by atoms with Crippen molar-refractivity contribution in [2.24, 2.45) is 0 Å². The molecule has 0 aliphatic heterocycles. The average molecular weight is 623 g/mol. The zero-order chi connectivity index (χ0) is 31.2. The Hall–Kier alpha value is -2.89. The van der Waals surface area contributed by atoms with Gasteiger partial charge in [0.2, 0.25) is 0 Å².